The van der Waals surface area contributed by atoms with Crippen LogP contribution < -0.4 is 15.4 Å². The van der Waals surface area contributed by atoms with Gasteiger partial charge in [0, 0.05) is 12.6 Å². The van der Waals surface area contributed by atoms with Gasteiger partial charge < -0.3 is 15.4 Å². The lowest BCUT2D eigenvalue weighted by Gasteiger charge is -2.29. The van der Waals surface area contributed by atoms with Crippen LogP contribution >= 0.6 is 0 Å². The molecule has 112 valence electrons. The number of ether oxygens (including phenoxy) is 1. The summed E-state index contributed by atoms with van der Waals surface area (Å²) in [5, 5.41) is 0. The van der Waals surface area contributed by atoms with Gasteiger partial charge in [-0.25, -0.2) is 4.39 Å². The third-order valence-corrected chi connectivity index (χ3v) is 3.66. The second kappa shape index (κ2) is 6.48. The van der Waals surface area contributed by atoms with Crippen LogP contribution in [0.15, 0.2) is 42.5 Å². The van der Waals surface area contributed by atoms with Crippen LogP contribution in [-0.2, 0) is 0 Å². The fourth-order valence-electron chi connectivity index (χ4n) is 2.35. The summed E-state index contributed by atoms with van der Waals surface area (Å²) >= 11 is 0. The minimum absolute atomic E-state index is 0.134. The van der Waals surface area contributed by atoms with Crippen LogP contribution in [0.5, 0.6) is 5.75 Å². The molecule has 0 saturated carbocycles. The van der Waals surface area contributed by atoms with Crippen LogP contribution in [0.2, 0.25) is 0 Å². The molecule has 2 aromatic rings. The second-order valence-corrected chi connectivity index (χ2v) is 4.93. The summed E-state index contributed by atoms with van der Waals surface area (Å²) in [6.45, 7) is 4.42. The molecule has 2 rings (SSSR count). The zero-order chi connectivity index (χ0) is 15.4. The number of anilines is 2. The highest BCUT2D eigenvalue weighted by molar-refractivity contribution is 5.74. The lowest BCUT2D eigenvalue weighted by molar-refractivity contribution is 0.342. The van der Waals surface area contributed by atoms with Crippen molar-refractivity contribution in [2.75, 3.05) is 24.3 Å². The number of hydrogen-bond acceptors (Lipinski definition) is 3. The number of benzene rings is 2. The lowest BCUT2D eigenvalue weighted by atomic mass is 10.1. The zero-order valence-electron chi connectivity index (χ0n) is 12.6. The van der Waals surface area contributed by atoms with Gasteiger partial charge in [-0.3, -0.25) is 0 Å². The van der Waals surface area contributed by atoms with Gasteiger partial charge >= 0.3 is 0 Å². The topological polar surface area (TPSA) is 38.5 Å². The van der Waals surface area contributed by atoms with Crippen molar-refractivity contribution in [2.24, 2.45) is 0 Å². The Morgan fingerprint density at radius 3 is 2.57 bits per heavy atom. The van der Waals surface area contributed by atoms with Gasteiger partial charge in [0.25, 0.3) is 0 Å². The molecule has 0 aliphatic heterocycles. The molecule has 1 atom stereocenters. The molecule has 0 fully saturated rings. The van der Waals surface area contributed by atoms with Gasteiger partial charge in [0.1, 0.15) is 11.6 Å². The highest BCUT2D eigenvalue weighted by atomic mass is 19.1. The van der Waals surface area contributed by atoms with Crippen molar-refractivity contribution in [1.82, 2.24) is 0 Å². The van der Waals surface area contributed by atoms with E-state index < -0.39 is 0 Å². The molecule has 0 amide bonds. The van der Waals surface area contributed by atoms with Crippen molar-refractivity contribution in [1.29, 1.82) is 0 Å². The Morgan fingerprint density at radius 1 is 1.19 bits per heavy atom. The van der Waals surface area contributed by atoms with Gasteiger partial charge in [-0.2, -0.15) is 0 Å². The number of nitrogen functional groups attached to an aromatic ring is 1. The summed E-state index contributed by atoms with van der Waals surface area (Å²) in [5.74, 6) is 0.443. The first-order chi connectivity index (χ1) is 10.1. The zero-order valence-corrected chi connectivity index (χ0v) is 12.6. The maximum Gasteiger partial charge on any atom is 0.144 e. The average Bonchev–Trinajstić information content (AvgIpc) is 2.49. The fourth-order valence-corrected chi connectivity index (χ4v) is 2.35. The van der Waals surface area contributed by atoms with E-state index in [0.717, 1.165) is 5.69 Å². The molecule has 0 aromatic heterocycles. The Morgan fingerprint density at radius 2 is 1.90 bits per heavy atom. The number of nitrogens with zero attached hydrogens (tertiary/aromatic N) is 1. The monoisotopic (exact) mass is 288 g/mol. The van der Waals surface area contributed by atoms with Crippen LogP contribution in [0.25, 0.3) is 0 Å². The Balaban J connectivity index is 2.34. The maximum atomic E-state index is 13.9. The Kier molecular flexibility index (Phi) is 4.68. The fraction of sp³-hybridized carbons (Fsp3) is 0.294. The predicted molar refractivity (Wildman–Crippen MR) is 85.2 cm³/mol. The number of para-hydroxylation sites is 1. The molecule has 0 spiro atoms. The van der Waals surface area contributed by atoms with Crippen LogP contribution in [0.3, 0.4) is 0 Å². The third kappa shape index (κ3) is 3.10. The van der Waals surface area contributed by atoms with E-state index in [-0.39, 0.29) is 11.9 Å². The number of nitrogens with two attached hydrogens (primary N) is 1. The first kappa shape index (κ1) is 15.2. The van der Waals surface area contributed by atoms with Gasteiger partial charge in [-0.05, 0) is 32.0 Å². The highest BCUT2D eigenvalue weighted by Gasteiger charge is 2.18. The highest BCUT2D eigenvalue weighted by Crippen LogP contribution is 2.36. The molecule has 2 aromatic carbocycles. The van der Waals surface area contributed by atoms with Crippen molar-refractivity contribution in [2.45, 2.75) is 19.9 Å². The summed E-state index contributed by atoms with van der Waals surface area (Å²) in [6, 6.07) is 12.3. The van der Waals surface area contributed by atoms with Gasteiger partial charge in [0.2, 0.25) is 0 Å². The van der Waals surface area contributed by atoms with E-state index in [9.17, 15) is 4.39 Å². The van der Waals surface area contributed by atoms with Crippen molar-refractivity contribution < 1.29 is 9.13 Å². The van der Waals surface area contributed by atoms with Crippen molar-refractivity contribution in [3.63, 3.8) is 0 Å². The average molecular weight is 288 g/mol. The molecular weight excluding hydrogens is 267 g/mol. The molecule has 3 nitrogen and oxygen atoms in total. The first-order valence-corrected chi connectivity index (χ1v) is 7.04. The Labute approximate surface area is 125 Å². The third-order valence-electron chi connectivity index (χ3n) is 3.66. The molecule has 0 saturated heterocycles. The first-order valence-electron chi connectivity index (χ1n) is 7.04. The van der Waals surface area contributed by atoms with E-state index in [0.29, 0.717) is 23.6 Å². The number of halogens is 1. The van der Waals surface area contributed by atoms with Gasteiger partial charge in [-0.1, -0.05) is 24.3 Å². The van der Waals surface area contributed by atoms with Crippen LogP contribution in [-0.4, -0.2) is 13.7 Å². The Hall–Kier alpha value is -2.23. The molecule has 4 heteroatoms. The lowest BCUT2D eigenvalue weighted by Crippen LogP contribution is -2.23. The largest absolute Gasteiger partial charge is 0.492 e. The van der Waals surface area contributed by atoms with E-state index in [1.165, 1.54) is 6.07 Å². The van der Waals surface area contributed by atoms with Crippen molar-refractivity contribution in [3.8, 4) is 5.75 Å². The van der Waals surface area contributed by atoms with Crippen molar-refractivity contribution in [3.05, 3.63) is 53.8 Å². The number of hydrogen-bond donors (Lipinski definition) is 1. The van der Waals surface area contributed by atoms with Gasteiger partial charge in [0.05, 0.1) is 24.0 Å². The summed E-state index contributed by atoms with van der Waals surface area (Å²) < 4.78 is 19.4. The molecule has 1 unspecified atom stereocenters. The Bertz CT molecular complexity index is 615. The van der Waals surface area contributed by atoms with Gasteiger partial charge in [0.15, 0.2) is 0 Å². The smallest absolute Gasteiger partial charge is 0.144 e. The minimum atomic E-state index is -0.212. The standard InChI is InChI=1S/C17H21FN2O/c1-4-21-16-11-7-10-15(17(16)19)20(3)12(2)13-8-5-6-9-14(13)18/h5-12H,4,19H2,1-3H3. The molecule has 0 aliphatic rings. The van der Waals surface area contributed by atoms with E-state index >= 15 is 0 Å². The summed E-state index contributed by atoms with van der Waals surface area (Å²) in [6.07, 6.45) is 0. The molecule has 2 N–H and O–H groups in total. The molecule has 0 bridgehead atoms. The van der Waals surface area contributed by atoms with Crippen molar-refractivity contribution >= 4 is 11.4 Å². The molecular formula is C17H21FN2O. The summed E-state index contributed by atoms with van der Waals surface area (Å²) in [5.41, 5.74) is 8.21. The SMILES string of the molecule is CCOc1cccc(N(C)C(C)c2ccccc2F)c1N. The summed E-state index contributed by atoms with van der Waals surface area (Å²) in [4.78, 5) is 1.95. The normalized spacial score (nSPS) is 12.0. The van der Waals surface area contributed by atoms with E-state index in [4.69, 9.17) is 10.5 Å². The van der Waals surface area contributed by atoms with E-state index in [1.54, 1.807) is 12.1 Å². The number of rotatable bonds is 5. The second-order valence-electron chi connectivity index (χ2n) is 4.93. The quantitative estimate of drug-likeness (QED) is 0.845. The van der Waals surface area contributed by atoms with Crippen LogP contribution in [0.4, 0.5) is 15.8 Å². The van der Waals surface area contributed by atoms with E-state index in [2.05, 4.69) is 0 Å². The summed E-state index contributed by atoms with van der Waals surface area (Å²) in [7, 11) is 1.90. The molecule has 0 aliphatic carbocycles. The molecule has 21 heavy (non-hydrogen) atoms. The molecule has 0 heterocycles. The van der Waals surface area contributed by atoms with Crippen LogP contribution in [0.1, 0.15) is 25.5 Å². The maximum absolute atomic E-state index is 13.9. The molecule has 0 radical (unpaired) electrons. The van der Waals surface area contributed by atoms with Gasteiger partial charge in [-0.15, -0.1) is 0 Å². The minimum Gasteiger partial charge on any atom is -0.492 e. The van der Waals surface area contributed by atoms with E-state index in [1.807, 2.05) is 50.1 Å². The predicted octanol–water partition coefficient (Wildman–Crippen LogP) is 4.00. The van der Waals surface area contributed by atoms with Crippen LogP contribution in [0, 0.1) is 5.82 Å².